The molecule has 1 aliphatic carbocycles. The van der Waals surface area contributed by atoms with Gasteiger partial charge < -0.3 is 9.47 Å². The number of hydrogen-bond acceptors (Lipinski definition) is 4. The molecule has 2 aromatic heterocycles. The average Bonchev–Trinajstić information content (AvgIpc) is 2.91. The van der Waals surface area contributed by atoms with Crippen LogP contribution in [0.5, 0.6) is 5.75 Å². The van der Waals surface area contributed by atoms with Crippen LogP contribution in [0.1, 0.15) is 108 Å². The number of unbranched alkanes of at least 4 members (excludes halogenated alkanes) is 8. The van der Waals surface area contributed by atoms with E-state index in [-0.39, 0.29) is 29.1 Å². The molecule has 0 saturated carbocycles. The second kappa shape index (κ2) is 16.1. The van der Waals surface area contributed by atoms with Gasteiger partial charge in [-0.05, 0) is 62.3 Å². The Labute approximate surface area is 230 Å². The molecule has 2 aromatic rings. The molecule has 0 aliphatic heterocycles. The summed E-state index contributed by atoms with van der Waals surface area (Å²) in [6.07, 6.45) is 12.0. The van der Waals surface area contributed by atoms with Gasteiger partial charge in [-0.25, -0.2) is 18.7 Å². The second-order valence-corrected chi connectivity index (χ2v) is 10.6. The summed E-state index contributed by atoms with van der Waals surface area (Å²) in [6.45, 7) is 5.96. The molecule has 0 aromatic carbocycles. The maximum atomic E-state index is 15.3. The normalized spacial score (nSPS) is 16.3. The zero-order valence-electron chi connectivity index (χ0n) is 23.6. The van der Waals surface area contributed by atoms with Crippen LogP contribution in [0.4, 0.5) is 17.6 Å². The average molecular weight is 553 g/mol. The maximum absolute atomic E-state index is 15.3. The zero-order chi connectivity index (χ0) is 28.1. The van der Waals surface area contributed by atoms with Crippen LogP contribution in [0, 0.1) is 17.8 Å². The van der Waals surface area contributed by atoms with Gasteiger partial charge in [0.2, 0.25) is 5.95 Å². The summed E-state index contributed by atoms with van der Waals surface area (Å²) in [6, 6.07) is 4.32. The molecule has 1 unspecified atom stereocenters. The zero-order valence-corrected chi connectivity index (χ0v) is 23.6. The van der Waals surface area contributed by atoms with Crippen molar-refractivity contribution in [1.82, 2.24) is 9.97 Å². The van der Waals surface area contributed by atoms with Crippen molar-refractivity contribution in [3.63, 3.8) is 0 Å². The van der Waals surface area contributed by atoms with E-state index in [1.165, 1.54) is 37.5 Å². The lowest BCUT2D eigenvalue weighted by Gasteiger charge is -2.33. The molecule has 3 rings (SSSR count). The van der Waals surface area contributed by atoms with Gasteiger partial charge in [-0.15, -0.1) is 0 Å². The molecule has 1 atom stereocenters. The van der Waals surface area contributed by atoms with Gasteiger partial charge in [0.1, 0.15) is 0 Å². The number of pyridine rings is 2. The molecular formula is C31H44F4N2O2. The molecule has 4 nitrogen and oxygen atoms in total. The van der Waals surface area contributed by atoms with E-state index in [0.717, 1.165) is 51.6 Å². The van der Waals surface area contributed by atoms with Crippen LogP contribution in [-0.2, 0) is 17.1 Å². The lowest BCUT2D eigenvalue weighted by Crippen LogP contribution is -2.33. The van der Waals surface area contributed by atoms with Crippen LogP contribution in [0.15, 0.2) is 18.2 Å². The largest absolute Gasteiger partial charge is 0.489 e. The Morgan fingerprint density at radius 3 is 2.21 bits per heavy atom. The van der Waals surface area contributed by atoms with Crippen LogP contribution < -0.4 is 4.74 Å². The van der Waals surface area contributed by atoms with Gasteiger partial charge in [0.25, 0.3) is 11.9 Å². The molecule has 0 amide bonds. The van der Waals surface area contributed by atoms with E-state index in [2.05, 4.69) is 23.8 Å². The second-order valence-electron chi connectivity index (χ2n) is 10.6. The smallest absolute Gasteiger partial charge is 0.280 e. The van der Waals surface area contributed by atoms with Crippen LogP contribution in [0.3, 0.4) is 0 Å². The molecule has 2 heterocycles. The first-order valence-corrected chi connectivity index (χ1v) is 14.8. The minimum absolute atomic E-state index is 0.0104. The van der Waals surface area contributed by atoms with Crippen LogP contribution >= 0.6 is 0 Å². The Morgan fingerprint density at radius 1 is 0.795 bits per heavy atom. The highest BCUT2D eigenvalue weighted by atomic mass is 19.3. The number of fused-ring (bicyclic) bond motifs is 1. The van der Waals surface area contributed by atoms with E-state index < -0.39 is 29.3 Å². The van der Waals surface area contributed by atoms with Crippen molar-refractivity contribution in [2.45, 2.75) is 110 Å². The molecule has 0 fully saturated rings. The minimum Gasteiger partial charge on any atom is -0.489 e. The lowest BCUT2D eigenvalue weighted by molar-refractivity contribution is -0.0824. The van der Waals surface area contributed by atoms with Gasteiger partial charge >= 0.3 is 0 Å². The highest BCUT2D eigenvalue weighted by molar-refractivity contribution is 5.57. The molecule has 0 radical (unpaired) electrons. The third-order valence-electron chi connectivity index (χ3n) is 7.48. The van der Waals surface area contributed by atoms with E-state index in [0.29, 0.717) is 32.5 Å². The first-order valence-electron chi connectivity index (χ1n) is 14.8. The predicted molar refractivity (Wildman–Crippen MR) is 146 cm³/mol. The van der Waals surface area contributed by atoms with Crippen molar-refractivity contribution >= 4 is 0 Å². The Balaban J connectivity index is 1.56. The van der Waals surface area contributed by atoms with Gasteiger partial charge in [0, 0.05) is 19.1 Å². The first-order chi connectivity index (χ1) is 18.9. The Kier molecular flexibility index (Phi) is 13.0. The number of halogens is 4. The molecular weight excluding hydrogens is 508 g/mol. The first kappa shape index (κ1) is 31.3. The molecule has 1 aliphatic rings. The standard InChI is InChI=1S/C31H44F4N2O2/c1-3-5-7-8-9-10-11-14-24-16-15-23-22-26(37-30(33)28(23)31(24,34)35)25-17-18-27(29(32)36-25)39-21-13-12-20-38-19-6-4-2/h17-18,22,24H,3-16,19-21H2,1-2H3. The van der Waals surface area contributed by atoms with Gasteiger partial charge in [0.15, 0.2) is 5.75 Å². The Bertz CT molecular complexity index is 1020. The topological polar surface area (TPSA) is 44.2 Å². The molecule has 39 heavy (non-hydrogen) atoms. The van der Waals surface area contributed by atoms with Gasteiger partial charge in [-0.2, -0.15) is 8.78 Å². The van der Waals surface area contributed by atoms with Crippen molar-refractivity contribution in [2.24, 2.45) is 5.92 Å². The molecule has 8 heteroatoms. The number of aryl methyl sites for hydroxylation is 1. The van der Waals surface area contributed by atoms with Crippen molar-refractivity contribution in [2.75, 3.05) is 19.8 Å². The maximum Gasteiger partial charge on any atom is 0.280 e. The van der Waals surface area contributed by atoms with E-state index >= 15 is 13.2 Å². The van der Waals surface area contributed by atoms with Gasteiger partial charge in [0.05, 0.1) is 23.6 Å². The van der Waals surface area contributed by atoms with E-state index in [9.17, 15) is 4.39 Å². The quantitative estimate of drug-likeness (QED) is 0.105. The molecule has 218 valence electrons. The summed E-state index contributed by atoms with van der Waals surface area (Å²) < 4.78 is 71.2. The summed E-state index contributed by atoms with van der Waals surface area (Å²) in [5.74, 6) is -6.21. The number of aromatic nitrogens is 2. The number of alkyl halides is 2. The number of rotatable bonds is 18. The van der Waals surface area contributed by atoms with Crippen molar-refractivity contribution < 1.29 is 27.0 Å². The third kappa shape index (κ3) is 9.16. The summed E-state index contributed by atoms with van der Waals surface area (Å²) in [5, 5.41) is 0. The molecule has 0 spiro atoms. The monoisotopic (exact) mass is 552 g/mol. The fraction of sp³-hybridized carbons (Fsp3) is 0.677. The Morgan fingerprint density at radius 2 is 1.46 bits per heavy atom. The number of hydrogen-bond donors (Lipinski definition) is 0. The molecule has 0 N–H and O–H groups in total. The summed E-state index contributed by atoms with van der Waals surface area (Å²) in [4.78, 5) is 7.66. The van der Waals surface area contributed by atoms with Crippen molar-refractivity contribution in [3.8, 4) is 17.1 Å². The highest BCUT2D eigenvalue weighted by Gasteiger charge is 2.47. The predicted octanol–water partition coefficient (Wildman–Crippen LogP) is 9.19. The SMILES string of the molecule is CCCCCCCCCC1CCc2cc(-c3ccc(OCCCCOCCCC)c(F)n3)nc(F)c2C1(F)F. The molecule has 0 saturated heterocycles. The van der Waals surface area contributed by atoms with E-state index in [4.69, 9.17) is 9.47 Å². The number of nitrogens with zero attached hydrogens (tertiary/aromatic N) is 2. The van der Waals surface area contributed by atoms with E-state index in [1.807, 2.05) is 0 Å². The summed E-state index contributed by atoms with van der Waals surface area (Å²) >= 11 is 0. The summed E-state index contributed by atoms with van der Waals surface area (Å²) in [5.41, 5.74) is -0.256. The lowest BCUT2D eigenvalue weighted by atomic mass is 9.78. The van der Waals surface area contributed by atoms with E-state index in [1.54, 1.807) is 0 Å². The van der Waals surface area contributed by atoms with Crippen molar-refractivity contribution in [3.05, 3.63) is 41.2 Å². The Hall–Kier alpha value is -2.22. The fourth-order valence-electron chi connectivity index (χ4n) is 5.14. The third-order valence-corrected chi connectivity index (χ3v) is 7.48. The highest BCUT2D eigenvalue weighted by Crippen LogP contribution is 2.47. The number of ether oxygens (including phenoxy) is 2. The van der Waals surface area contributed by atoms with Gasteiger partial charge in [-0.3, -0.25) is 0 Å². The minimum atomic E-state index is -3.27. The fourth-order valence-corrected chi connectivity index (χ4v) is 5.14. The van der Waals surface area contributed by atoms with Gasteiger partial charge in [-0.1, -0.05) is 65.2 Å². The van der Waals surface area contributed by atoms with Crippen LogP contribution in [0.2, 0.25) is 0 Å². The van der Waals surface area contributed by atoms with Crippen LogP contribution in [0.25, 0.3) is 11.4 Å². The summed E-state index contributed by atoms with van der Waals surface area (Å²) in [7, 11) is 0. The van der Waals surface area contributed by atoms with Crippen LogP contribution in [-0.4, -0.2) is 29.8 Å². The molecule has 0 bridgehead atoms. The van der Waals surface area contributed by atoms with Crippen molar-refractivity contribution in [1.29, 1.82) is 0 Å².